The molecule has 1 saturated heterocycles. The Bertz CT molecular complexity index is 513. The van der Waals surface area contributed by atoms with Gasteiger partial charge < -0.3 is 0 Å². The fraction of sp³-hybridized carbons (Fsp3) is 0.100. The van der Waals surface area contributed by atoms with Crippen LogP contribution in [0.15, 0.2) is 18.2 Å². The summed E-state index contributed by atoms with van der Waals surface area (Å²) in [5.74, 6) is -1.82. The number of halogens is 1. The van der Waals surface area contributed by atoms with Crippen molar-refractivity contribution in [3.8, 4) is 0 Å². The van der Waals surface area contributed by atoms with Gasteiger partial charge in [0.1, 0.15) is 0 Å². The van der Waals surface area contributed by atoms with Crippen molar-refractivity contribution >= 4 is 35.1 Å². The summed E-state index contributed by atoms with van der Waals surface area (Å²) in [5.41, 5.74) is 0.892. The van der Waals surface area contributed by atoms with Crippen LogP contribution < -0.4 is 10.2 Å². The zero-order valence-corrected chi connectivity index (χ0v) is 9.04. The number of carbonyl (C=O) groups excluding carboxylic acids is 3. The van der Waals surface area contributed by atoms with Crippen LogP contribution in [0, 0.1) is 6.92 Å². The van der Waals surface area contributed by atoms with Crippen molar-refractivity contribution in [1.82, 2.24) is 5.32 Å². The number of benzene rings is 1. The summed E-state index contributed by atoms with van der Waals surface area (Å²) in [6.45, 7) is 1.67. The minimum Gasteiger partial charge on any atom is -0.269 e. The van der Waals surface area contributed by atoms with Crippen LogP contribution >= 0.6 is 11.6 Å². The fourth-order valence-electron chi connectivity index (χ4n) is 1.46. The SMILES string of the molecule is Cc1c(Cl)cccc1N1C(=O)NC(=O)C1=O. The number of nitrogens with zero attached hydrogens (tertiary/aromatic N) is 1. The first-order chi connectivity index (χ1) is 7.52. The van der Waals surface area contributed by atoms with E-state index in [1.165, 1.54) is 0 Å². The molecule has 82 valence electrons. The van der Waals surface area contributed by atoms with Crippen molar-refractivity contribution in [2.45, 2.75) is 6.92 Å². The van der Waals surface area contributed by atoms with E-state index in [1.54, 1.807) is 25.1 Å². The molecule has 1 aliphatic heterocycles. The Morgan fingerprint density at radius 2 is 1.94 bits per heavy atom. The number of amides is 4. The molecule has 0 radical (unpaired) electrons. The largest absolute Gasteiger partial charge is 0.336 e. The minimum atomic E-state index is -0.927. The molecule has 1 fully saturated rings. The molecule has 0 unspecified atom stereocenters. The molecule has 6 heteroatoms. The van der Waals surface area contributed by atoms with Gasteiger partial charge in [0.25, 0.3) is 0 Å². The zero-order valence-electron chi connectivity index (χ0n) is 8.28. The second-order valence-corrected chi connectivity index (χ2v) is 3.69. The lowest BCUT2D eigenvalue weighted by Crippen LogP contribution is -2.31. The standard InChI is InChI=1S/C10H7ClN2O3/c1-5-6(11)3-2-4-7(5)13-9(15)8(14)12-10(13)16/h2-4H,1H3,(H,12,14,16). The Morgan fingerprint density at radius 1 is 1.25 bits per heavy atom. The number of anilines is 1. The average Bonchev–Trinajstić information content (AvgIpc) is 2.47. The highest BCUT2D eigenvalue weighted by atomic mass is 35.5. The molecule has 1 aromatic carbocycles. The molecule has 0 aliphatic carbocycles. The Labute approximate surface area is 96.0 Å². The third kappa shape index (κ3) is 1.45. The molecule has 16 heavy (non-hydrogen) atoms. The summed E-state index contributed by atoms with van der Waals surface area (Å²) in [4.78, 5) is 34.6. The van der Waals surface area contributed by atoms with Crippen molar-refractivity contribution in [1.29, 1.82) is 0 Å². The molecular weight excluding hydrogens is 232 g/mol. The van der Waals surface area contributed by atoms with Gasteiger partial charge in [-0.2, -0.15) is 0 Å². The lowest BCUT2D eigenvalue weighted by Gasteiger charge is -2.14. The Hall–Kier alpha value is -1.88. The van der Waals surface area contributed by atoms with Gasteiger partial charge >= 0.3 is 17.8 Å². The molecule has 1 aliphatic rings. The van der Waals surface area contributed by atoms with Crippen LogP contribution in [0.25, 0.3) is 0 Å². The van der Waals surface area contributed by atoms with E-state index in [9.17, 15) is 14.4 Å². The molecule has 2 rings (SSSR count). The first kappa shape index (κ1) is 10.6. The van der Waals surface area contributed by atoms with E-state index in [0.29, 0.717) is 16.3 Å². The Balaban J connectivity index is 2.53. The van der Waals surface area contributed by atoms with Gasteiger partial charge in [0.15, 0.2) is 0 Å². The van der Waals surface area contributed by atoms with Gasteiger partial charge in [-0.1, -0.05) is 17.7 Å². The number of hydrogen-bond acceptors (Lipinski definition) is 3. The quantitative estimate of drug-likeness (QED) is 0.591. The summed E-state index contributed by atoms with van der Waals surface area (Å²) in [5, 5.41) is 2.35. The normalized spacial score (nSPS) is 15.6. The predicted molar refractivity (Wildman–Crippen MR) is 57.2 cm³/mol. The number of urea groups is 1. The van der Waals surface area contributed by atoms with Crippen molar-refractivity contribution < 1.29 is 14.4 Å². The highest BCUT2D eigenvalue weighted by Crippen LogP contribution is 2.27. The van der Waals surface area contributed by atoms with Crippen molar-refractivity contribution in [2.75, 3.05) is 4.90 Å². The Morgan fingerprint density at radius 3 is 2.50 bits per heavy atom. The van der Waals surface area contributed by atoms with E-state index in [2.05, 4.69) is 0 Å². The van der Waals surface area contributed by atoms with Crippen molar-refractivity contribution in [3.05, 3.63) is 28.8 Å². The van der Waals surface area contributed by atoms with E-state index in [1.807, 2.05) is 5.32 Å². The number of rotatable bonds is 1. The highest BCUT2D eigenvalue weighted by molar-refractivity contribution is 6.53. The molecule has 0 saturated carbocycles. The molecule has 0 spiro atoms. The molecule has 1 N–H and O–H groups in total. The van der Waals surface area contributed by atoms with Crippen LogP contribution in [0.1, 0.15) is 5.56 Å². The maximum Gasteiger partial charge on any atom is 0.336 e. The average molecular weight is 239 g/mol. The van der Waals surface area contributed by atoms with Gasteiger partial charge in [-0.25, -0.2) is 9.69 Å². The monoisotopic (exact) mass is 238 g/mol. The number of hydrogen-bond donors (Lipinski definition) is 1. The van der Waals surface area contributed by atoms with Crippen LogP contribution in [0.5, 0.6) is 0 Å². The van der Waals surface area contributed by atoms with Crippen LogP contribution in [-0.2, 0) is 9.59 Å². The van der Waals surface area contributed by atoms with Gasteiger partial charge in [-0.3, -0.25) is 14.9 Å². The van der Waals surface area contributed by atoms with Gasteiger partial charge in [0, 0.05) is 5.02 Å². The smallest absolute Gasteiger partial charge is 0.269 e. The summed E-state index contributed by atoms with van der Waals surface area (Å²) in [6.07, 6.45) is 0. The summed E-state index contributed by atoms with van der Waals surface area (Å²) < 4.78 is 0. The van der Waals surface area contributed by atoms with Gasteiger partial charge in [-0.15, -0.1) is 0 Å². The maximum atomic E-state index is 11.4. The second kappa shape index (κ2) is 3.61. The molecule has 1 heterocycles. The summed E-state index contributed by atoms with van der Waals surface area (Å²) >= 11 is 5.87. The first-order valence-corrected chi connectivity index (χ1v) is 4.84. The van der Waals surface area contributed by atoms with Crippen LogP contribution in [0.4, 0.5) is 10.5 Å². The molecule has 0 atom stereocenters. The van der Waals surface area contributed by atoms with Gasteiger partial charge in [0.2, 0.25) is 0 Å². The number of imide groups is 2. The van der Waals surface area contributed by atoms with Gasteiger partial charge in [0.05, 0.1) is 5.69 Å². The fourth-order valence-corrected chi connectivity index (χ4v) is 1.63. The molecular formula is C10H7ClN2O3. The molecule has 5 nitrogen and oxygen atoms in total. The minimum absolute atomic E-state index is 0.320. The topological polar surface area (TPSA) is 66.5 Å². The number of nitrogens with one attached hydrogen (secondary N) is 1. The second-order valence-electron chi connectivity index (χ2n) is 3.28. The third-order valence-corrected chi connectivity index (χ3v) is 2.71. The predicted octanol–water partition coefficient (Wildman–Crippen LogP) is 1.23. The zero-order chi connectivity index (χ0) is 11.9. The molecule has 4 amide bonds. The van der Waals surface area contributed by atoms with Crippen LogP contribution in [-0.4, -0.2) is 17.8 Å². The number of carbonyl (C=O) groups is 3. The third-order valence-electron chi connectivity index (χ3n) is 2.30. The van der Waals surface area contributed by atoms with Crippen LogP contribution in [0.3, 0.4) is 0 Å². The molecule has 0 bridgehead atoms. The van der Waals surface area contributed by atoms with Crippen molar-refractivity contribution in [3.63, 3.8) is 0 Å². The summed E-state index contributed by atoms with van der Waals surface area (Å²) in [7, 11) is 0. The van der Waals surface area contributed by atoms with Gasteiger partial charge in [-0.05, 0) is 24.6 Å². The van der Waals surface area contributed by atoms with E-state index in [4.69, 9.17) is 11.6 Å². The lowest BCUT2D eigenvalue weighted by atomic mass is 10.2. The highest BCUT2D eigenvalue weighted by Gasteiger charge is 2.38. The van der Waals surface area contributed by atoms with E-state index < -0.39 is 17.8 Å². The maximum absolute atomic E-state index is 11.4. The first-order valence-electron chi connectivity index (χ1n) is 4.47. The van der Waals surface area contributed by atoms with E-state index >= 15 is 0 Å². The van der Waals surface area contributed by atoms with E-state index in [0.717, 1.165) is 4.90 Å². The molecule has 1 aromatic rings. The van der Waals surface area contributed by atoms with Crippen LogP contribution in [0.2, 0.25) is 5.02 Å². The van der Waals surface area contributed by atoms with E-state index in [-0.39, 0.29) is 0 Å². The lowest BCUT2D eigenvalue weighted by molar-refractivity contribution is -0.134. The molecule has 0 aromatic heterocycles. The Kier molecular flexibility index (Phi) is 2.40. The van der Waals surface area contributed by atoms with Crippen molar-refractivity contribution in [2.24, 2.45) is 0 Å². The summed E-state index contributed by atoms with van der Waals surface area (Å²) in [6, 6.07) is 4.05.